The zero-order valence-electron chi connectivity index (χ0n) is 11.9. The van der Waals surface area contributed by atoms with E-state index >= 15 is 0 Å². The van der Waals surface area contributed by atoms with E-state index in [1.165, 1.54) is 11.1 Å². The van der Waals surface area contributed by atoms with Crippen molar-refractivity contribution in [3.8, 4) is 0 Å². The first-order valence-electron chi connectivity index (χ1n) is 6.98. The van der Waals surface area contributed by atoms with E-state index in [0.29, 0.717) is 5.91 Å². The molecule has 0 aliphatic carbocycles. The molecule has 2 N–H and O–H groups in total. The highest BCUT2D eigenvalue weighted by atomic mass is 32.2. The third-order valence-corrected chi connectivity index (χ3v) is 5.25. The molecule has 2 rings (SSSR count). The molecule has 3 nitrogen and oxygen atoms in total. The van der Waals surface area contributed by atoms with E-state index in [4.69, 9.17) is 0 Å². The van der Waals surface area contributed by atoms with Crippen molar-refractivity contribution in [1.29, 1.82) is 0 Å². The van der Waals surface area contributed by atoms with E-state index in [2.05, 4.69) is 48.3 Å². The van der Waals surface area contributed by atoms with Crippen molar-refractivity contribution in [2.75, 3.05) is 20.1 Å². The smallest absolute Gasteiger partial charge is 0.237 e. The minimum Gasteiger partial charge on any atom is -0.347 e. The quantitative estimate of drug-likeness (QED) is 0.888. The molecule has 1 saturated heterocycles. The van der Waals surface area contributed by atoms with Crippen LogP contribution in [0.4, 0.5) is 0 Å². The number of nitrogens with two attached hydrogens (primary N) is 1. The molecule has 0 radical (unpaired) electrons. The molecular formula is C15H23N2OS+. The van der Waals surface area contributed by atoms with E-state index in [-0.39, 0.29) is 10.6 Å². The fraction of sp³-hybridized carbons (Fsp3) is 0.533. The summed E-state index contributed by atoms with van der Waals surface area (Å²) in [5.74, 6) is 0.308. The molecule has 1 amide bonds. The van der Waals surface area contributed by atoms with E-state index < -0.39 is 0 Å². The minimum absolute atomic E-state index is 0.126. The van der Waals surface area contributed by atoms with Crippen molar-refractivity contribution in [1.82, 2.24) is 4.90 Å². The molecule has 1 heterocycles. The molecule has 104 valence electrons. The van der Waals surface area contributed by atoms with Crippen molar-refractivity contribution < 1.29 is 10.1 Å². The van der Waals surface area contributed by atoms with Crippen LogP contribution in [0.5, 0.6) is 0 Å². The number of thioether (sulfide) groups is 1. The molecule has 2 atom stereocenters. The first-order valence-corrected chi connectivity index (χ1v) is 7.92. The second-order valence-electron chi connectivity index (χ2n) is 4.97. The van der Waals surface area contributed by atoms with E-state index in [1.54, 1.807) is 0 Å². The van der Waals surface area contributed by atoms with Crippen LogP contribution in [0.15, 0.2) is 24.3 Å². The number of amides is 1. The molecule has 0 bridgehead atoms. The van der Waals surface area contributed by atoms with Crippen LogP contribution in [0.2, 0.25) is 0 Å². The van der Waals surface area contributed by atoms with Crippen LogP contribution in [0.1, 0.15) is 29.8 Å². The molecule has 0 unspecified atom stereocenters. The second kappa shape index (κ2) is 6.44. The Bertz CT molecular complexity index is 450. The van der Waals surface area contributed by atoms with Crippen molar-refractivity contribution in [3.05, 3.63) is 35.4 Å². The Hall–Kier alpha value is -1.00. The highest BCUT2D eigenvalue weighted by Gasteiger charge is 2.40. The minimum atomic E-state index is 0.126. The molecule has 1 fully saturated rings. The lowest BCUT2D eigenvalue weighted by atomic mass is 10.1. The molecule has 0 aromatic heterocycles. The van der Waals surface area contributed by atoms with Gasteiger partial charge in [0.05, 0.1) is 25.4 Å². The number of carbonyl (C=O) groups is 1. The standard InChI is InChI=1S/C15H22N2OS/c1-4-13-14(18)17(10-9-16-3)15(19-13)12-8-6-5-7-11(12)2/h5-8,13,15-16H,4,9-10H2,1-3H3/p+1/t13-,15+/m0/s1. The number of nitrogens with zero attached hydrogens (tertiary/aromatic N) is 1. The molecule has 1 aromatic rings. The fourth-order valence-corrected chi connectivity index (χ4v) is 3.98. The summed E-state index contributed by atoms with van der Waals surface area (Å²) < 4.78 is 0. The van der Waals surface area contributed by atoms with Gasteiger partial charge >= 0.3 is 0 Å². The Balaban J connectivity index is 2.26. The Morgan fingerprint density at radius 1 is 1.37 bits per heavy atom. The first kappa shape index (κ1) is 14.4. The second-order valence-corrected chi connectivity index (χ2v) is 6.26. The van der Waals surface area contributed by atoms with E-state index in [0.717, 1.165) is 19.5 Å². The fourth-order valence-electron chi connectivity index (χ4n) is 2.46. The molecule has 0 spiro atoms. The number of quaternary nitrogens is 1. The van der Waals surface area contributed by atoms with Gasteiger partial charge in [0.25, 0.3) is 0 Å². The summed E-state index contributed by atoms with van der Waals surface area (Å²) in [6.45, 7) is 6.02. The van der Waals surface area contributed by atoms with Crippen molar-refractivity contribution >= 4 is 17.7 Å². The maximum absolute atomic E-state index is 12.4. The van der Waals surface area contributed by atoms with Gasteiger partial charge in [-0.15, -0.1) is 11.8 Å². The molecule has 1 aromatic carbocycles. The van der Waals surface area contributed by atoms with Gasteiger partial charge < -0.3 is 10.2 Å². The average molecular weight is 279 g/mol. The number of carbonyl (C=O) groups excluding carboxylic acids is 1. The van der Waals surface area contributed by atoms with Gasteiger partial charge in [-0.3, -0.25) is 4.79 Å². The normalized spacial score (nSPS) is 23.1. The largest absolute Gasteiger partial charge is 0.347 e. The highest BCUT2D eigenvalue weighted by molar-refractivity contribution is 8.01. The SMILES string of the molecule is CC[C@@H]1S[C@H](c2ccccc2C)N(CC[NH2+]C)C1=O. The predicted octanol–water partition coefficient (Wildman–Crippen LogP) is 1.54. The third-order valence-electron chi connectivity index (χ3n) is 3.62. The summed E-state index contributed by atoms with van der Waals surface area (Å²) >= 11 is 1.81. The van der Waals surface area contributed by atoms with Gasteiger partial charge in [-0.1, -0.05) is 31.2 Å². The van der Waals surface area contributed by atoms with Gasteiger partial charge in [-0.25, -0.2) is 0 Å². The molecule has 4 heteroatoms. The summed E-state index contributed by atoms with van der Waals surface area (Å²) in [7, 11) is 2.05. The van der Waals surface area contributed by atoms with Crippen LogP contribution in [0.3, 0.4) is 0 Å². The van der Waals surface area contributed by atoms with Crippen LogP contribution < -0.4 is 5.32 Å². The number of aryl methyl sites for hydroxylation is 1. The number of likely N-dealkylation sites (N-methyl/N-ethyl adjacent to an activating group) is 1. The Kier molecular flexibility index (Phi) is 4.88. The van der Waals surface area contributed by atoms with Gasteiger partial charge in [0.15, 0.2) is 0 Å². The van der Waals surface area contributed by atoms with Crippen molar-refractivity contribution in [2.45, 2.75) is 30.9 Å². The lowest BCUT2D eigenvalue weighted by Gasteiger charge is -2.24. The van der Waals surface area contributed by atoms with Gasteiger partial charge in [0.2, 0.25) is 5.91 Å². The summed E-state index contributed by atoms with van der Waals surface area (Å²) in [4.78, 5) is 14.5. The molecular weight excluding hydrogens is 256 g/mol. The number of benzene rings is 1. The Labute approximate surface area is 119 Å². The van der Waals surface area contributed by atoms with Gasteiger partial charge in [0.1, 0.15) is 5.37 Å². The lowest BCUT2D eigenvalue weighted by molar-refractivity contribution is -0.626. The molecule has 1 aliphatic heterocycles. The third kappa shape index (κ3) is 2.95. The van der Waals surface area contributed by atoms with Gasteiger partial charge in [-0.2, -0.15) is 0 Å². The summed E-state index contributed by atoms with van der Waals surface area (Å²) in [6, 6.07) is 8.41. The average Bonchev–Trinajstić information content (AvgIpc) is 2.73. The van der Waals surface area contributed by atoms with Crippen molar-refractivity contribution in [3.63, 3.8) is 0 Å². The maximum atomic E-state index is 12.4. The van der Waals surface area contributed by atoms with Crippen LogP contribution in [0, 0.1) is 6.92 Å². The van der Waals surface area contributed by atoms with Gasteiger partial charge in [0, 0.05) is 0 Å². The summed E-state index contributed by atoms with van der Waals surface area (Å²) in [5, 5.41) is 2.45. The van der Waals surface area contributed by atoms with Gasteiger partial charge in [-0.05, 0) is 24.5 Å². The summed E-state index contributed by atoms with van der Waals surface area (Å²) in [5.41, 5.74) is 2.56. The van der Waals surface area contributed by atoms with E-state index in [9.17, 15) is 4.79 Å². The Morgan fingerprint density at radius 2 is 2.11 bits per heavy atom. The van der Waals surface area contributed by atoms with Crippen LogP contribution in [-0.4, -0.2) is 36.2 Å². The first-order chi connectivity index (χ1) is 9.19. The lowest BCUT2D eigenvalue weighted by Crippen LogP contribution is -2.81. The molecule has 19 heavy (non-hydrogen) atoms. The predicted molar refractivity (Wildman–Crippen MR) is 80.0 cm³/mol. The molecule has 0 saturated carbocycles. The zero-order valence-corrected chi connectivity index (χ0v) is 12.7. The number of rotatable bonds is 5. The topological polar surface area (TPSA) is 36.9 Å². The Morgan fingerprint density at radius 3 is 2.74 bits per heavy atom. The maximum Gasteiger partial charge on any atom is 0.237 e. The monoisotopic (exact) mass is 279 g/mol. The number of hydrogen-bond acceptors (Lipinski definition) is 2. The van der Waals surface area contributed by atoms with Crippen LogP contribution in [0.25, 0.3) is 0 Å². The summed E-state index contributed by atoms with van der Waals surface area (Å²) in [6.07, 6.45) is 0.915. The zero-order chi connectivity index (χ0) is 13.8. The van der Waals surface area contributed by atoms with Crippen molar-refractivity contribution in [2.24, 2.45) is 0 Å². The van der Waals surface area contributed by atoms with Crippen LogP contribution >= 0.6 is 11.8 Å². The number of hydrogen-bond donors (Lipinski definition) is 1. The highest BCUT2D eigenvalue weighted by Crippen LogP contribution is 2.44. The van der Waals surface area contributed by atoms with Crippen LogP contribution in [-0.2, 0) is 4.79 Å². The van der Waals surface area contributed by atoms with E-state index in [1.807, 2.05) is 18.8 Å². The molecule has 1 aliphatic rings.